The molecular formula is C21H22N6. The monoisotopic (exact) mass is 358 g/mol. The van der Waals surface area contributed by atoms with E-state index >= 15 is 0 Å². The molecule has 0 bridgehead atoms. The molecule has 0 unspecified atom stereocenters. The number of rotatable bonds is 5. The molecule has 0 atom stereocenters. The van der Waals surface area contributed by atoms with E-state index in [-0.39, 0.29) is 0 Å². The Morgan fingerprint density at radius 1 is 1.07 bits per heavy atom. The standard InChI is InChI=1S/C21H22N6/c1-4-14-5-6-16(26-21-25-13(2)9-20(22-3)27-21)10-17(14)19-11-18-15(12-24-19)7-8-23-18/h5-12,23H,4H2,1-3H3,(H2,22,25,26,27). The number of anilines is 3. The van der Waals surface area contributed by atoms with Crippen molar-refractivity contribution < 1.29 is 0 Å². The molecule has 0 radical (unpaired) electrons. The van der Waals surface area contributed by atoms with Crippen LogP contribution in [0.3, 0.4) is 0 Å². The minimum Gasteiger partial charge on any atom is -0.373 e. The van der Waals surface area contributed by atoms with Gasteiger partial charge in [0.2, 0.25) is 5.95 Å². The molecule has 0 spiro atoms. The summed E-state index contributed by atoms with van der Waals surface area (Å²) in [4.78, 5) is 16.9. The first-order chi connectivity index (χ1) is 13.2. The van der Waals surface area contributed by atoms with Crippen molar-refractivity contribution >= 4 is 28.4 Å². The van der Waals surface area contributed by atoms with E-state index in [1.54, 1.807) is 0 Å². The van der Waals surface area contributed by atoms with Gasteiger partial charge in [-0.05, 0) is 43.2 Å². The molecule has 0 saturated carbocycles. The van der Waals surface area contributed by atoms with Crippen molar-refractivity contribution in [3.05, 3.63) is 60.0 Å². The second-order valence-electron chi connectivity index (χ2n) is 6.45. The molecule has 6 heteroatoms. The van der Waals surface area contributed by atoms with Crippen LogP contribution in [0.25, 0.3) is 22.2 Å². The molecule has 27 heavy (non-hydrogen) atoms. The SMILES string of the molecule is CCc1ccc(Nc2nc(C)cc(NC)n2)cc1-c1cc2[nH]ccc2cn1. The van der Waals surface area contributed by atoms with Crippen LogP contribution < -0.4 is 10.6 Å². The summed E-state index contributed by atoms with van der Waals surface area (Å²) in [5.41, 5.74) is 6.23. The lowest BCUT2D eigenvalue weighted by Gasteiger charge is -2.12. The van der Waals surface area contributed by atoms with Gasteiger partial charge in [-0.1, -0.05) is 13.0 Å². The van der Waals surface area contributed by atoms with Crippen LogP contribution in [-0.4, -0.2) is 27.0 Å². The molecular weight excluding hydrogens is 336 g/mol. The maximum Gasteiger partial charge on any atom is 0.229 e. The van der Waals surface area contributed by atoms with E-state index in [9.17, 15) is 0 Å². The first-order valence-electron chi connectivity index (χ1n) is 9.03. The molecule has 3 heterocycles. The van der Waals surface area contributed by atoms with Gasteiger partial charge in [0, 0.05) is 53.4 Å². The zero-order valence-corrected chi connectivity index (χ0v) is 15.7. The normalized spacial score (nSPS) is 10.9. The Bertz CT molecular complexity index is 1100. The van der Waals surface area contributed by atoms with Gasteiger partial charge in [0.15, 0.2) is 0 Å². The molecule has 1 aromatic carbocycles. The van der Waals surface area contributed by atoms with E-state index in [2.05, 4.69) is 61.8 Å². The minimum absolute atomic E-state index is 0.572. The number of pyridine rings is 1. The van der Waals surface area contributed by atoms with Crippen molar-refractivity contribution in [2.75, 3.05) is 17.7 Å². The van der Waals surface area contributed by atoms with Crippen molar-refractivity contribution in [1.29, 1.82) is 0 Å². The van der Waals surface area contributed by atoms with Crippen LogP contribution >= 0.6 is 0 Å². The summed E-state index contributed by atoms with van der Waals surface area (Å²) >= 11 is 0. The molecule has 3 N–H and O–H groups in total. The number of benzene rings is 1. The van der Waals surface area contributed by atoms with Gasteiger partial charge >= 0.3 is 0 Å². The Hall–Kier alpha value is -3.41. The predicted molar refractivity (Wildman–Crippen MR) is 111 cm³/mol. The van der Waals surface area contributed by atoms with Gasteiger partial charge in [-0.2, -0.15) is 4.98 Å². The number of hydrogen-bond donors (Lipinski definition) is 3. The lowest BCUT2D eigenvalue weighted by molar-refractivity contribution is 1.10. The van der Waals surface area contributed by atoms with Crippen LogP contribution in [0, 0.1) is 6.92 Å². The lowest BCUT2D eigenvalue weighted by Crippen LogP contribution is -2.02. The van der Waals surface area contributed by atoms with Crippen molar-refractivity contribution in [3.8, 4) is 11.3 Å². The summed E-state index contributed by atoms with van der Waals surface area (Å²) in [6, 6.07) is 12.3. The molecule has 3 aromatic heterocycles. The Morgan fingerprint density at radius 3 is 2.78 bits per heavy atom. The van der Waals surface area contributed by atoms with E-state index in [4.69, 9.17) is 0 Å². The smallest absolute Gasteiger partial charge is 0.229 e. The summed E-state index contributed by atoms with van der Waals surface area (Å²) in [5.74, 6) is 1.36. The Balaban J connectivity index is 1.73. The predicted octanol–water partition coefficient (Wildman–Crippen LogP) is 4.68. The van der Waals surface area contributed by atoms with Crippen LogP contribution in [0.2, 0.25) is 0 Å². The highest BCUT2D eigenvalue weighted by Gasteiger charge is 2.10. The van der Waals surface area contributed by atoms with Gasteiger partial charge in [0.25, 0.3) is 0 Å². The molecule has 136 valence electrons. The maximum atomic E-state index is 4.66. The second-order valence-corrected chi connectivity index (χ2v) is 6.45. The van der Waals surface area contributed by atoms with Gasteiger partial charge in [-0.15, -0.1) is 0 Å². The fourth-order valence-electron chi connectivity index (χ4n) is 3.17. The number of fused-ring (bicyclic) bond motifs is 1. The number of aryl methyl sites for hydroxylation is 2. The van der Waals surface area contributed by atoms with Crippen LogP contribution in [-0.2, 0) is 6.42 Å². The summed E-state index contributed by atoms with van der Waals surface area (Å²) in [7, 11) is 1.85. The molecule has 0 amide bonds. The van der Waals surface area contributed by atoms with Crippen LogP contribution in [0.15, 0.2) is 48.8 Å². The second kappa shape index (κ2) is 7.07. The van der Waals surface area contributed by atoms with E-state index in [1.165, 1.54) is 5.56 Å². The third-order valence-electron chi connectivity index (χ3n) is 4.57. The number of nitrogens with zero attached hydrogens (tertiary/aromatic N) is 3. The summed E-state index contributed by atoms with van der Waals surface area (Å²) in [6.45, 7) is 4.11. The molecule has 6 nitrogen and oxygen atoms in total. The third kappa shape index (κ3) is 3.46. The van der Waals surface area contributed by atoms with Crippen molar-refractivity contribution in [2.45, 2.75) is 20.3 Å². The van der Waals surface area contributed by atoms with Crippen LogP contribution in [0.5, 0.6) is 0 Å². The largest absolute Gasteiger partial charge is 0.373 e. The summed E-state index contributed by atoms with van der Waals surface area (Å²) in [6.07, 6.45) is 4.78. The highest BCUT2D eigenvalue weighted by atomic mass is 15.1. The van der Waals surface area contributed by atoms with Crippen molar-refractivity contribution in [2.24, 2.45) is 0 Å². The maximum absolute atomic E-state index is 4.66. The van der Waals surface area contributed by atoms with E-state index in [0.29, 0.717) is 5.95 Å². The van der Waals surface area contributed by atoms with Gasteiger partial charge in [0.1, 0.15) is 5.82 Å². The number of H-pyrrole nitrogens is 1. The molecule has 0 fully saturated rings. The van der Waals surface area contributed by atoms with E-state index in [0.717, 1.165) is 45.8 Å². The van der Waals surface area contributed by atoms with E-state index in [1.807, 2.05) is 38.5 Å². The number of aromatic nitrogens is 4. The van der Waals surface area contributed by atoms with Gasteiger partial charge in [-0.3, -0.25) is 4.98 Å². The first kappa shape index (κ1) is 17.0. The summed E-state index contributed by atoms with van der Waals surface area (Å²) < 4.78 is 0. The van der Waals surface area contributed by atoms with Gasteiger partial charge < -0.3 is 15.6 Å². The lowest BCUT2D eigenvalue weighted by atomic mass is 10.0. The number of nitrogens with one attached hydrogen (secondary N) is 3. The third-order valence-corrected chi connectivity index (χ3v) is 4.57. The first-order valence-corrected chi connectivity index (χ1v) is 9.03. The quantitative estimate of drug-likeness (QED) is 0.483. The average molecular weight is 358 g/mol. The van der Waals surface area contributed by atoms with Crippen molar-refractivity contribution in [1.82, 2.24) is 19.9 Å². The molecule has 0 saturated heterocycles. The minimum atomic E-state index is 0.572. The van der Waals surface area contributed by atoms with Gasteiger partial charge in [-0.25, -0.2) is 4.98 Å². The zero-order valence-electron chi connectivity index (χ0n) is 15.7. The fourth-order valence-corrected chi connectivity index (χ4v) is 3.17. The van der Waals surface area contributed by atoms with Crippen molar-refractivity contribution in [3.63, 3.8) is 0 Å². The zero-order chi connectivity index (χ0) is 18.8. The molecule has 4 rings (SSSR count). The van der Waals surface area contributed by atoms with E-state index < -0.39 is 0 Å². The van der Waals surface area contributed by atoms with Crippen LogP contribution in [0.4, 0.5) is 17.5 Å². The van der Waals surface area contributed by atoms with Crippen LogP contribution in [0.1, 0.15) is 18.2 Å². The highest BCUT2D eigenvalue weighted by Crippen LogP contribution is 2.29. The molecule has 0 aliphatic carbocycles. The Morgan fingerprint density at radius 2 is 1.96 bits per heavy atom. The fraction of sp³-hybridized carbons (Fsp3) is 0.190. The Labute approximate surface area is 158 Å². The number of hydrogen-bond acceptors (Lipinski definition) is 5. The highest BCUT2D eigenvalue weighted by molar-refractivity contribution is 5.83. The molecule has 0 aliphatic rings. The van der Waals surface area contributed by atoms with Gasteiger partial charge in [0.05, 0.1) is 5.69 Å². The average Bonchev–Trinajstić information content (AvgIpc) is 3.15. The Kier molecular flexibility index (Phi) is 4.46. The topological polar surface area (TPSA) is 78.5 Å². The molecule has 4 aromatic rings. The number of aromatic amines is 1. The summed E-state index contributed by atoms with van der Waals surface area (Å²) in [5, 5.41) is 7.48. The molecule has 0 aliphatic heterocycles.